The highest BCUT2D eigenvalue weighted by Gasteiger charge is 2.05. The summed E-state index contributed by atoms with van der Waals surface area (Å²) in [6, 6.07) is 3.84. The van der Waals surface area contributed by atoms with Gasteiger partial charge in [-0.25, -0.2) is 0 Å². The van der Waals surface area contributed by atoms with Crippen LogP contribution in [0.2, 0.25) is 0 Å². The maximum absolute atomic E-state index is 8.61. The first kappa shape index (κ1) is 9.29. The van der Waals surface area contributed by atoms with E-state index in [1.807, 2.05) is 19.1 Å². The van der Waals surface area contributed by atoms with E-state index in [0.717, 1.165) is 11.5 Å². The molecule has 0 amide bonds. The lowest BCUT2D eigenvalue weighted by Gasteiger charge is -2.06. The molecule has 0 aliphatic heterocycles. The van der Waals surface area contributed by atoms with Gasteiger partial charge >= 0.3 is 0 Å². The Morgan fingerprint density at radius 3 is 2.83 bits per heavy atom. The van der Waals surface area contributed by atoms with Gasteiger partial charge in [0.15, 0.2) is 0 Å². The summed E-state index contributed by atoms with van der Waals surface area (Å²) < 4.78 is 5.34. The first-order chi connectivity index (χ1) is 5.72. The second-order valence-corrected chi connectivity index (χ2v) is 2.99. The van der Waals surface area contributed by atoms with Crippen LogP contribution < -0.4 is 5.73 Å². The Morgan fingerprint density at radius 2 is 2.33 bits per heavy atom. The molecule has 0 bridgehead atoms. The Bertz CT molecular complexity index is 232. The minimum atomic E-state index is 0.000509. The molecule has 68 valence electrons. The van der Waals surface area contributed by atoms with Crippen LogP contribution in [0.3, 0.4) is 0 Å². The number of nitrogens with two attached hydrogens (primary N) is 1. The van der Waals surface area contributed by atoms with Gasteiger partial charge in [-0.1, -0.05) is 0 Å². The van der Waals surface area contributed by atoms with Gasteiger partial charge in [0.2, 0.25) is 0 Å². The molecule has 1 aromatic heterocycles. The van der Waals surface area contributed by atoms with Crippen molar-refractivity contribution in [2.24, 2.45) is 5.73 Å². The number of furan rings is 1. The lowest BCUT2D eigenvalue weighted by atomic mass is 10.1. The topological polar surface area (TPSA) is 59.4 Å². The number of aliphatic hydroxyl groups excluding tert-OH is 1. The third-order valence-corrected chi connectivity index (χ3v) is 1.76. The third kappa shape index (κ3) is 2.68. The molecule has 0 aliphatic carbocycles. The van der Waals surface area contributed by atoms with Crippen LogP contribution in [0, 0.1) is 6.92 Å². The third-order valence-electron chi connectivity index (χ3n) is 1.76. The quantitative estimate of drug-likeness (QED) is 0.702. The molecule has 1 atom stereocenters. The van der Waals surface area contributed by atoms with Gasteiger partial charge in [0, 0.05) is 19.1 Å². The largest absolute Gasteiger partial charge is 0.466 e. The summed E-state index contributed by atoms with van der Waals surface area (Å²) in [7, 11) is 0. The maximum Gasteiger partial charge on any atom is 0.105 e. The van der Waals surface area contributed by atoms with E-state index < -0.39 is 0 Å². The molecule has 0 spiro atoms. The summed E-state index contributed by atoms with van der Waals surface area (Å²) in [6.45, 7) is 2.04. The lowest BCUT2D eigenvalue weighted by molar-refractivity contribution is 0.273. The first-order valence-corrected chi connectivity index (χ1v) is 4.14. The van der Waals surface area contributed by atoms with Gasteiger partial charge < -0.3 is 15.3 Å². The van der Waals surface area contributed by atoms with E-state index in [4.69, 9.17) is 15.3 Å². The monoisotopic (exact) mass is 169 g/mol. The van der Waals surface area contributed by atoms with E-state index >= 15 is 0 Å². The fourth-order valence-electron chi connectivity index (χ4n) is 1.12. The van der Waals surface area contributed by atoms with E-state index in [2.05, 4.69) is 0 Å². The summed E-state index contributed by atoms with van der Waals surface area (Å²) in [5.41, 5.74) is 5.71. The van der Waals surface area contributed by atoms with E-state index in [9.17, 15) is 0 Å². The molecule has 3 N–H and O–H groups in total. The predicted molar refractivity (Wildman–Crippen MR) is 46.8 cm³/mol. The van der Waals surface area contributed by atoms with Crippen LogP contribution in [0.5, 0.6) is 0 Å². The van der Waals surface area contributed by atoms with E-state index in [0.29, 0.717) is 12.8 Å². The Balaban J connectivity index is 2.41. The Labute approximate surface area is 72.2 Å². The smallest absolute Gasteiger partial charge is 0.105 e. The minimum Gasteiger partial charge on any atom is -0.466 e. The van der Waals surface area contributed by atoms with Crippen LogP contribution in [0.15, 0.2) is 16.5 Å². The van der Waals surface area contributed by atoms with E-state index in [1.54, 1.807) is 0 Å². The zero-order chi connectivity index (χ0) is 8.97. The molecular weight excluding hydrogens is 154 g/mol. The number of hydrogen-bond acceptors (Lipinski definition) is 3. The van der Waals surface area contributed by atoms with Gasteiger partial charge in [0.25, 0.3) is 0 Å². The van der Waals surface area contributed by atoms with Crippen LogP contribution in [0.1, 0.15) is 17.9 Å². The Kier molecular flexibility index (Phi) is 3.31. The molecule has 1 heterocycles. The molecule has 0 aromatic carbocycles. The number of rotatable bonds is 4. The molecular formula is C9H15NO2. The molecule has 3 heteroatoms. The van der Waals surface area contributed by atoms with Crippen molar-refractivity contribution in [3.05, 3.63) is 23.7 Å². The maximum atomic E-state index is 8.61. The van der Waals surface area contributed by atoms with Gasteiger partial charge in [0.05, 0.1) is 0 Å². The summed E-state index contributed by atoms with van der Waals surface area (Å²) in [5.74, 6) is 1.80. The standard InChI is InChI=1S/C9H15NO2/c1-7-2-3-9(12-7)6-8(10)4-5-11/h2-3,8,11H,4-6,10H2,1H3. The van der Waals surface area contributed by atoms with Gasteiger partial charge in [0.1, 0.15) is 11.5 Å². The van der Waals surface area contributed by atoms with Crippen molar-refractivity contribution >= 4 is 0 Å². The van der Waals surface area contributed by atoms with Crippen molar-refractivity contribution in [2.45, 2.75) is 25.8 Å². The molecule has 0 fully saturated rings. The zero-order valence-electron chi connectivity index (χ0n) is 7.29. The Morgan fingerprint density at radius 1 is 1.58 bits per heavy atom. The van der Waals surface area contributed by atoms with Gasteiger partial charge in [-0.3, -0.25) is 0 Å². The van der Waals surface area contributed by atoms with Gasteiger partial charge in [-0.15, -0.1) is 0 Å². The SMILES string of the molecule is Cc1ccc(CC(N)CCO)o1. The molecule has 1 unspecified atom stereocenters. The number of aliphatic hydroxyl groups is 1. The number of aryl methyl sites for hydroxylation is 1. The van der Waals surface area contributed by atoms with Crippen molar-refractivity contribution in [1.29, 1.82) is 0 Å². The van der Waals surface area contributed by atoms with Crippen molar-refractivity contribution < 1.29 is 9.52 Å². The van der Waals surface area contributed by atoms with Crippen LogP contribution >= 0.6 is 0 Å². The van der Waals surface area contributed by atoms with Crippen LogP contribution in [0.25, 0.3) is 0 Å². The summed E-state index contributed by atoms with van der Waals surface area (Å²) in [6.07, 6.45) is 1.33. The van der Waals surface area contributed by atoms with Crippen LogP contribution in [-0.2, 0) is 6.42 Å². The van der Waals surface area contributed by atoms with Crippen molar-refractivity contribution in [3.8, 4) is 0 Å². The summed E-state index contributed by atoms with van der Waals surface area (Å²) >= 11 is 0. The second kappa shape index (κ2) is 4.28. The predicted octanol–water partition coefficient (Wildman–Crippen LogP) is 0.840. The highest BCUT2D eigenvalue weighted by atomic mass is 16.3. The normalized spacial score (nSPS) is 13.2. The Hall–Kier alpha value is -0.800. The van der Waals surface area contributed by atoms with Crippen LogP contribution in [-0.4, -0.2) is 17.8 Å². The van der Waals surface area contributed by atoms with Crippen molar-refractivity contribution in [2.75, 3.05) is 6.61 Å². The van der Waals surface area contributed by atoms with Crippen molar-refractivity contribution in [3.63, 3.8) is 0 Å². The van der Waals surface area contributed by atoms with Crippen LogP contribution in [0.4, 0.5) is 0 Å². The lowest BCUT2D eigenvalue weighted by Crippen LogP contribution is -2.23. The molecule has 0 radical (unpaired) electrons. The molecule has 0 saturated carbocycles. The first-order valence-electron chi connectivity index (χ1n) is 4.14. The summed E-state index contributed by atoms with van der Waals surface area (Å²) in [4.78, 5) is 0. The zero-order valence-corrected chi connectivity index (χ0v) is 7.29. The van der Waals surface area contributed by atoms with Gasteiger partial charge in [-0.2, -0.15) is 0 Å². The fourth-order valence-corrected chi connectivity index (χ4v) is 1.12. The molecule has 1 rings (SSSR count). The van der Waals surface area contributed by atoms with E-state index in [-0.39, 0.29) is 12.6 Å². The average molecular weight is 169 g/mol. The molecule has 3 nitrogen and oxygen atoms in total. The summed E-state index contributed by atoms with van der Waals surface area (Å²) in [5, 5.41) is 8.61. The molecule has 0 aliphatic rings. The highest BCUT2D eigenvalue weighted by molar-refractivity contribution is 5.06. The molecule has 1 aromatic rings. The second-order valence-electron chi connectivity index (χ2n) is 2.99. The molecule has 12 heavy (non-hydrogen) atoms. The highest BCUT2D eigenvalue weighted by Crippen LogP contribution is 2.08. The fraction of sp³-hybridized carbons (Fsp3) is 0.556. The van der Waals surface area contributed by atoms with Crippen molar-refractivity contribution in [1.82, 2.24) is 0 Å². The molecule has 0 saturated heterocycles. The average Bonchev–Trinajstić information content (AvgIpc) is 2.36. The minimum absolute atomic E-state index is 0.000509. The van der Waals surface area contributed by atoms with Gasteiger partial charge in [-0.05, 0) is 25.5 Å². The van der Waals surface area contributed by atoms with E-state index in [1.165, 1.54) is 0 Å². The number of hydrogen-bond donors (Lipinski definition) is 2.